The van der Waals surface area contributed by atoms with Gasteiger partial charge in [-0.25, -0.2) is 4.98 Å². The summed E-state index contributed by atoms with van der Waals surface area (Å²) in [4.78, 5) is 4.62. The number of ether oxygens (including phenoxy) is 1. The molecule has 0 amide bonds. The van der Waals surface area contributed by atoms with E-state index in [2.05, 4.69) is 27.5 Å². The highest BCUT2D eigenvalue weighted by Gasteiger charge is 2.10. The lowest BCUT2D eigenvalue weighted by Crippen LogP contribution is -2.07. The number of aryl methyl sites for hydroxylation is 1. The first-order chi connectivity index (χ1) is 10.3. The number of nitrogens with one attached hydrogen (secondary N) is 1. The third-order valence-corrected chi connectivity index (χ3v) is 3.28. The fraction of sp³-hybridized carbons (Fsp3) is 0.250. The summed E-state index contributed by atoms with van der Waals surface area (Å²) in [7, 11) is 1.91. The second-order valence-electron chi connectivity index (χ2n) is 4.81. The Morgan fingerprint density at radius 3 is 2.90 bits per heavy atom. The lowest BCUT2D eigenvalue weighted by molar-refractivity contribution is 0.455. The molecule has 1 N–H and O–H groups in total. The van der Waals surface area contributed by atoms with Crippen molar-refractivity contribution in [3.63, 3.8) is 0 Å². The van der Waals surface area contributed by atoms with Crippen LogP contribution in [0.2, 0.25) is 0 Å². The lowest BCUT2D eigenvalue weighted by atomic mass is 10.1. The minimum absolute atomic E-state index is 0.624. The fourth-order valence-electron chi connectivity index (χ4n) is 2.23. The Labute approximate surface area is 123 Å². The van der Waals surface area contributed by atoms with E-state index >= 15 is 0 Å². The molecular weight excluding hydrogens is 264 g/mol. The van der Waals surface area contributed by atoms with Crippen molar-refractivity contribution in [2.45, 2.75) is 20.0 Å². The van der Waals surface area contributed by atoms with E-state index in [1.54, 1.807) is 6.20 Å². The maximum atomic E-state index is 5.92. The van der Waals surface area contributed by atoms with Gasteiger partial charge in [0.1, 0.15) is 0 Å². The molecule has 0 saturated heterocycles. The summed E-state index contributed by atoms with van der Waals surface area (Å²) in [6.45, 7) is 3.56. The second-order valence-corrected chi connectivity index (χ2v) is 4.81. The summed E-state index contributed by atoms with van der Waals surface area (Å²) in [6.07, 6.45) is 3.59. The summed E-state index contributed by atoms with van der Waals surface area (Å²) in [5.41, 5.74) is 1.95. The first kappa shape index (κ1) is 13.6. The van der Waals surface area contributed by atoms with Gasteiger partial charge in [-0.3, -0.25) is 4.68 Å². The number of fused-ring (bicyclic) bond motifs is 1. The molecule has 5 nitrogen and oxygen atoms in total. The molecule has 0 saturated carbocycles. The highest BCUT2D eigenvalue weighted by atomic mass is 16.5. The summed E-state index contributed by atoms with van der Waals surface area (Å²) >= 11 is 0. The van der Waals surface area contributed by atoms with Crippen LogP contribution in [0, 0.1) is 0 Å². The monoisotopic (exact) mass is 282 g/mol. The van der Waals surface area contributed by atoms with E-state index in [9.17, 15) is 0 Å². The van der Waals surface area contributed by atoms with Gasteiger partial charge in [-0.2, -0.15) is 5.10 Å². The Balaban J connectivity index is 2.00. The Hall–Kier alpha value is -2.40. The van der Waals surface area contributed by atoms with Crippen molar-refractivity contribution in [2.24, 2.45) is 0 Å². The zero-order valence-corrected chi connectivity index (χ0v) is 12.2. The van der Waals surface area contributed by atoms with E-state index in [1.807, 2.05) is 43.0 Å². The van der Waals surface area contributed by atoms with Gasteiger partial charge in [0, 0.05) is 24.0 Å². The minimum atomic E-state index is 0.624. The molecule has 0 radical (unpaired) electrons. The van der Waals surface area contributed by atoms with Crippen LogP contribution in [0.1, 0.15) is 12.5 Å². The molecule has 0 aliphatic carbocycles. The van der Waals surface area contributed by atoms with Gasteiger partial charge in [0.2, 0.25) is 5.88 Å². The number of benzene rings is 1. The van der Waals surface area contributed by atoms with E-state index in [0.717, 1.165) is 23.0 Å². The van der Waals surface area contributed by atoms with E-state index in [-0.39, 0.29) is 0 Å². The molecule has 3 aromatic rings. The first-order valence-electron chi connectivity index (χ1n) is 7.03. The number of para-hydroxylation sites is 1. The molecule has 0 aliphatic rings. The van der Waals surface area contributed by atoms with Gasteiger partial charge >= 0.3 is 0 Å². The van der Waals surface area contributed by atoms with Crippen LogP contribution in [0.5, 0.6) is 11.6 Å². The molecule has 0 aliphatic heterocycles. The molecule has 2 heterocycles. The van der Waals surface area contributed by atoms with Crippen molar-refractivity contribution >= 4 is 10.9 Å². The molecule has 1 aromatic carbocycles. The van der Waals surface area contributed by atoms with Crippen LogP contribution in [0.3, 0.4) is 0 Å². The standard InChI is InChI=1S/C16H18N4O/c1-3-20-11-14(10-18-20)21-16-13(9-17-2)8-12-6-4-5-7-15(12)19-16/h4-8,10-11,17H,3,9H2,1-2H3. The van der Waals surface area contributed by atoms with Crippen LogP contribution < -0.4 is 10.1 Å². The Kier molecular flexibility index (Phi) is 3.83. The van der Waals surface area contributed by atoms with E-state index < -0.39 is 0 Å². The summed E-state index contributed by atoms with van der Waals surface area (Å²) in [5, 5.41) is 8.48. The largest absolute Gasteiger partial charge is 0.435 e. The number of rotatable bonds is 5. The smallest absolute Gasteiger partial charge is 0.224 e. The zero-order valence-electron chi connectivity index (χ0n) is 12.2. The molecule has 0 bridgehead atoms. The van der Waals surface area contributed by atoms with Crippen molar-refractivity contribution in [3.8, 4) is 11.6 Å². The number of hydrogen-bond donors (Lipinski definition) is 1. The average Bonchev–Trinajstić information content (AvgIpc) is 2.96. The van der Waals surface area contributed by atoms with Gasteiger partial charge in [-0.1, -0.05) is 18.2 Å². The summed E-state index contributed by atoms with van der Waals surface area (Å²) in [6, 6.07) is 10.1. The zero-order chi connectivity index (χ0) is 14.7. The molecule has 0 fully saturated rings. The van der Waals surface area contributed by atoms with Crippen molar-refractivity contribution in [1.29, 1.82) is 0 Å². The quantitative estimate of drug-likeness (QED) is 0.781. The van der Waals surface area contributed by atoms with Crippen molar-refractivity contribution in [2.75, 3.05) is 7.05 Å². The third kappa shape index (κ3) is 2.87. The van der Waals surface area contributed by atoms with E-state index in [0.29, 0.717) is 18.2 Å². The first-order valence-corrected chi connectivity index (χ1v) is 7.03. The minimum Gasteiger partial charge on any atom is -0.435 e. The Bertz CT molecular complexity index is 751. The lowest BCUT2D eigenvalue weighted by Gasteiger charge is -2.10. The third-order valence-electron chi connectivity index (χ3n) is 3.28. The molecule has 21 heavy (non-hydrogen) atoms. The van der Waals surface area contributed by atoms with Crippen molar-refractivity contribution in [1.82, 2.24) is 20.1 Å². The topological polar surface area (TPSA) is 52.0 Å². The fourth-order valence-corrected chi connectivity index (χ4v) is 2.23. The molecule has 0 atom stereocenters. The molecule has 5 heteroatoms. The molecule has 108 valence electrons. The highest BCUT2D eigenvalue weighted by molar-refractivity contribution is 5.80. The highest BCUT2D eigenvalue weighted by Crippen LogP contribution is 2.26. The van der Waals surface area contributed by atoms with Gasteiger partial charge < -0.3 is 10.1 Å². The van der Waals surface area contributed by atoms with Gasteiger partial charge in [-0.05, 0) is 26.1 Å². The number of aromatic nitrogens is 3. The number of pyridine rings is 1. The van der Waals surface area contributed by atoms with Gasteiger partial charge in [0.25, 0.3) is 0 Å². The normalized spacial score (nSPS) is 11.0. The van der Waals surface area contributed by atoms with Crippen molar-refractivity contribution < 1.29 is 4.74 Å². The maximum absolute atomic E-state index is 5.92. The Morgan fingerprint density at radius 2 is 2.14 bits per heavy atom. The van der Waals surface area contributed by atoms with E-state index in [1.165, 1.54) is 0 Å². The van der Waals surface area contributed by atoms with Crippen LogP contribution >= 0.6 is 0 Å². The van der Waals surface area contributed by atoms with Crippen LogP contribution in [0.15, 0.2) is 42.7 Å². The molecule has 0 unspecified atom stereocenters. The van der Waals surface area contributed by atoms with Gasteiger partial charge in [0.05, 0.1) is 17.9 Å². The van der Waals surface area contributed by atoms with Crippen LogP contribution in [-0.2, 0) is 13.1 Å². The SMILES string of the molecule is CCn1cc(Oc2nc3ccccc3cc2CNC)cn1. The number of nitrogens with zero attached hydrogens (tertiary/aromatic N) is 3. The van der Waals surface area contributed by atoms with Crippen LogP contribution in [-0.4, -0.2) is 21.8 Å². The average molecular weight is 282 g/mol. The molecule has 3 rings (SSSR count). The number of hydrogen-bond acceptors (Lipinski definition) is 4. The Morgan fingerprint density at radius 1 is 1.29 bits per heavy atom. The van der Waals surface area contributed by atoms with Gasteiger partial charge in [0.15, 0.2) is 5.75 Å². The molecular formula is C16H18N4O. The maximum Gasteiger partial charge on any atom is 0.224 e. The second kappa shape index (κ2) is 5.93. The van der Waals surface area contributed by atoms with Crippen molar-refractivity contribution in [3.05, 3.63) is 48.3 Å². The van der Waals surface area contributed by atoms with Crippen LogP contribution in [0.25, 0.3) is 10.9 Å². The van der Waals surface area contributed by atoms with Crippen LogP contribution in [0.4, 0.5) is 0 Å². The predicted octanol–water partition coefficient (Wildman–Crippen LogP) is 2.96. The predicted molar refractivity (Wildman–Crippen MR) is 82.5 cm³/mol. The summed E-state index contributed by atoms with van der Waals surface area (Å²) < 4.78 is 7.75. The van der Waals surface area contributed by atoms with E-state index in [4.69, 9.17) is 4.74 Å². The summed E-state index contributed by atoms with van der Waals surface area (Å²) in [5.74, 6) is 1.33. The van der Waals surface area contributed by atoms with Gasteiger partial charge in [-0.15, -0.1) is 0 Å². The molecule has 2 aromatic heterocycles. The molecule has 0 spiro atoms.